The third-order valence-electron chi connectivity index (χ3n) is 2.67. The molecule has 0 aliphatic heterocycles. The number of ether oxygens (including phenoxy) is 1. The maximum Gasteiger partial charge on any atom is 0.145 e. The largest absolute Gasteiger partial charge is 0.494 e. The van der Waals surface area contributed by atoms with Crippen molar-refractivity contribution in [2.24, 2.45) is 0 Å². The van der Waals surface area contributed by atoms with E-state index in [0.717, 1.165) is 40.1 Å². The summed E-state index contributed by atoms with van der Waals surface area (Å²) < 4.78 is 5.26. The Labute approximate surface area is 111 Å². The molecule has 0 amide bonds. The average Bonchev–Trinajstić information content (AvgIpc) is 2.37. The molecule has 0 saturated heterocycles. The van der Waals surface area contributed by atoms with Crippen LogP contribution in [0.1, 0.15) is 12.0 Å². The van der Waals surface area contributed by atoms with Crippen LogP contribution in [0.25, 0.3) is 10.9 Å². The number of rotatable bonds is 4. The zero-order chi connectivity index (χ0) is 12.3. The Morgan fingerprint density at radius 3 is 2.88 bits per heavy atom. The van der Waals surface area contributed by atoms with Crippen LogP contribution in [0.15, 0.2) is 24.4 Å². The standard InChI is InChI=1S/C13H13Cl2NO/c1-17-11-6-2-5-10-12(15)9(4-3-7-14)8-16-13(10)11/h2,5-6,8H,3-4,7H2,1H3. The molecule has 1 aromatic heterocycles. The topological polar surface area (TPSA) is 22.1 Å². The first kappa shape index (κ1) is 12.5. The van der Waals surface area contributed by atoms with E-state index in [-0.39, 0.29) is 0 Å². The van der Waals surface area contributed by atoms with Crippen molar-refractivity contribution >= 4 is 34.1 Å². The molecule has 1 heterocycles. The van der Waals surface area contributed by atoms with Crippen molar-refractivity contribution in [1.82, 2.24) is 4.98 Å². The minimum Gasteiger partial charge on any atom is -0.494 e. The van der Waals surface area contributed by atoms with Gasteiger partial charge in [-0.15, -0.1) is 11.6 Å². The molecule has 0 aliphatic rings. The lowest BCUT2D eigenvalue weighted by Crippen LogP contribution is -1.93. The van der Waals surface area contributed by atoms with E-state index >= 15 is 0 Å². The van der Waals surface area contributed by atoms with Crippen molar-refractivity contribution < 1.29 is 4.74 Å². The first-order chi connectivity index (χ1) is 8.27. The molecule has 2 aromatic rings. The summed E-state index contributed by atoms with van der Waals surface area (Å²) in [7, 11) is 1.63. The Balaban J connectivity index is 2.52. The van der Waals surface area contributed by atoms with Gasteiger partial charge < -0.3 is 4.74 Å². The number of hydrogen-bond acceptors (Lipinski definition) is 2. The van der Waals surface area contributed by atoms with Gasteiger partial charge in [-0.1, -0.05) is 23.7 Å². The number of halogens is 2. The molecule has 4 heteroatoms. The van der Waals surface area contributed by atoms with E-state index in [4.69, 9.17) is 27.9 Å². The van der Waals surface area contributed by atoms with Crippen molar-refractivity contribution in [3.8, 4) is 5.75 Å². The third-order valence-corrected chi connectivity index (χ3v) is 3.38. The smallest absolute Gasteiger partial charge is 0.145 e. The number of nitrogens with zero attached hydrogens (tertiary/aromatic N) is 1. The van der Waals surface area contributed by atoms with Crippen LogP contribution in [0.4, 0.5) is 0 Å². The molecule has 0 fully saturated rings. The Morgan fingerprint density at radius 1 is 1.35 bits per heavy atom. The first-order valence-corrected chi connectivity index (χ1v) is 6.35. The van der Waals surface area contributed by atoms with Crippen molar-refractivity contribution in [2.45, 2.75) is 12.8 Å². The molecule has 0 unspecified atom stereocenters. The highest BCUT2D eigenvalue weighted by Crippen LogP contribution is 2.31. The van der Waals surface area contributed by atoms with Crippen LogP contribution in [0, 0.1) is 0 Å². The van der Waals surface area contributed by atoms with E-state index in [0.29, 0.717) is 5.88 Å². The highest BCUT2D eigenvalue weighted by molar-refractivity contribution is 6.36. The maximum atomic E-state index is 6.37. The maximum absolute atomic E-state index is 6.37. The fourth-order valence-corrected chi connectivity index (χ4v) is 2.23. The van der Waals surface area contributed by atoms with Gasteiger partial charge in [-0.3, -0.25) is 4.98 Å². The van der Waals surface area contributed by atoms with Gasteiger partial charge in [-0.25, -0.2) is 0 Å². The summed E-state index contributed by atoms with van der Waals surface area (Å²) in [4.78, 5) is 4.41. The van der Waals surface area contributed by atoms with Crippen molar-refractivity contribution in [3.05, 3.63) is 35.0 Å². The van der Waals surface area contributed by atoms with E-state index in [1.807, 2.05) is 18.2 Å². The molecule has 2 nitrogen and oxygen atoms in total. The van der Waals surface area contributed by atoms with Crippen LogP contribution in [-0.2, 0) is 6.42 Å². The van der Waals surface area contributed by atoms with Crippen LogP contribution in [-0.4, -0.2) is 18.0 Å². The van der Waals surface area contributed by atoms with Gasteiger partial charge in [0, 0.05) is 17.5 Å². The molecule has 2 rings (SSSR count). The molecule has 0 spiro atoms. The first-order valence-electron chi connectivity index (χ1n) is 5.44. The summed E-state index contributed by atoms with van der Waals surface area (Å²) in [6.45, 7) is 0. The van der Waals surface area contributed by atoms with Crippen molar-refractivity contribution in [3.63, 3.8) is 0 Å². The van der Waals surface area contributed by atoms with Crippen molar-refractivity contribution in [2.75, 3.05) is 13.0 Å². The zero-order valence-electron chi connectivity index (χ0n) is 9.54. The molecule has 0 N–H and O–H groups in total. The molecule has 17 heavy (non-hydrogen) atoms. The van der Waals surface area contributed by atoms with E-state index in [9.17, 15) is 0 Å². The molecule has 0 aliphatic carbocycles. The van der Waals surface area contributed by atoms with Gasteiger partial charge in [0.25, 0.3) is 0 Å². The van der Waals surface area contributed by atoms with Gasteiger partial charge in [0.05, 0.1) is 12.1 Å². The highest BCUT2D eigenvalue weighted by atomic mass is 35.5. The van der Waals surface area contributed by atoms with Crippen LogP contribution in [0.2, 0.25) is 5.02 Å². The SMILES string of the molecule is COc1cccc2c(Cl)c(CCCCl)cnc12. The Morgan fingerprint density at radius 2 is 2.18 bits per heavy atom. The number of fused-ring (bicyclic) bond motifs is 1. The Hall–Kier alpha value is -0.990. The number of aromatic nitrogens is 1. The molecule has 1 aromatic carbocycles. The molecule has 90 valence electrons. The Bertz CT molecular complexity index is 528. The van der Waals surface area contributed by atoms with Gasteiger partial charge in [-0.2, -0.15) is 0 Å². The quantitative estimate of drug-likeness (QED) is 0.781. The summed E-state index contributed by atoms with van der Waals surface area (Å²) in [5, 5.41) is 1.68. The number of hydrogen-bond donors (Lipinski definition) is 0. The minimum absolute atomic E-state index is 0.631. The summed E-state index contributed by atoms with van der Waals surface area (Å²) in [6.07, 6.45) is 3.56. The molecule has 0 radical (unpaired) electrons. The second kappa shape index (κ2) is 5.56. The molecular weight excluding hydrogens is 257 g/mol. The van der Waals surface area contributed by atoms with Gasteiger partial charge in [-0.05, 0) is 24.5 Å². The predicted molar refractivity (Wildman–Crippen MR) is 72.3 cm³/mol. The van der Waals surface area contributed by atoms with Crippen LogP contribution >= 0.6 is 23.2 Å². The number of alkyl halides is 1. The average molecular weight is 270 g/mol. The Kier molecular flexibility index (Phi) is 4.08. The highest BCUT2D eigenvalue weighted by Gasteiger charge is 2.09. The summed E-state index contributed by atoms with van der Waals surface area (Å²) in [5.74, 6) is 1.38. The summed E-state index contributed by atoms with van der Waals surface area (Å²) in [6, 6.07) is 5.75. The fraction of sp³-hybridized carbons (Fsp3) is 0.308. The van der Waals surface area contributed by atoms with Crippen LogP contribution in [0.5, 0.6) is 5.75 Å². The molecular formula is C13H13Cl2NO. The summed E-state index contributed by atoms with van der Waals surface area (Å²) in [5.41, 5.74) is 1.84. The molecule has 0 atom stereocenters. The lowest BCUT2D eigenvalue weighted by molar-refractivity contribution is 0.419. The lowest BCUT2D eigenvalue weighted by Gasteiger charge is -2.09. The number of methoxy groups -OCH3 is 1. The van der Waals surface area contributed by atoms with Crippen LogP contribution in [0.3, 0.4) is 0 Å². The monoisotopic (exact) mass is 269 g/mol. The number of aryl methyl sites for hydroxylation is 1. The van der Waals surface area contributed by atoms with Gasteiger partial charge in [0.2, 0.25) is 0 Å². The zero-order valence-corrected chi connectivity index (χ0v) is 11.1. The number of para-hydroxylation sites is 1. The normalized spacial score (nSPS) is 10.8. The van der Waals surface area contributed by atoms with Gasteiger partial charge >= 0.3 is 0 Å². The van der Waals surface area contributed by atoms with E-state index < -0.39 is 0 Å². The second-order valence-electron chi connectivity index (χ2n) is 3.75. The minimum atomic E-state index is 0.631. The number of benzene rings is 1. The van der Waals surface area contributed by atoms with Gasteiger partial charge in [0.15, 0.2) is 0 Å². The van der Waals surface area contributed by atoms with Gasteiger partial charge in [0.1, 0.15) is 11.3 Å². The van der Waals surface area contributed by atoms with Crippen LogP contribution < -0.4 is 4.74 Å². The van der Waals surface area contributed by atoms with E-state index in [1.54, 1.807) is 13.3 Å². The fourth-order valence-electron chi connectivity index (χ4n) is 1.80. The molecule has 0 saturated carbocycles. The molecule has 0 bridgehead atoms. The summed E-state index contributed by atoms with van der Waals surface area (Å²) >= 11 is 12.1. The third kappa shape index (κ3) is 2.48. The predicted octanol–water partition coefficient (Wildman–Crippen LogP) is 4.07. The van der Waals surface area contributed by atoms with Crippen molar-refractivity contribution in [1.29, 1.82) is 0 Å². The van der Waals surface area contributed by atoms with E-state index in [1.165, 1.54) is 0 Å². The number of pyridine rings is 1. The second-order valence-corrected chi connectivity index (χ2v) is 4.50. The lowest BCUT2D eigenvalue weighted by atomic mass is 10.1. The van der Waals surface area contributed by atoms with E-state index in [2.05, 4.69) is 4.98 Å².